The molecule has 1 aromatic carbocycles. The Bertz CT molecular complexity index is 406. The van der Waals surface area contributed by atoms with E-state index in [9.17, 15) is 4.79 Å². The molecule has 0 saturated heterocycles. The molecule has 0 aromatic heterocycles. The Balaban J connectivity index is 2.78. The molecular formula is C16H26N2O2. The van der Waals surface area contributed by atoms with Crippen molar-refractivity contribution in [2.75, 3.05) is 6.54 Å². The van der Waals surface area contributed by atoms with Crippen LogP contribution in [-0.2, 0) is 11.2 Å². The van der Waals surface area contributed by atoms with E-state index in [1.54, 1.807) is 0 Å². The first kappa shape index (κ1) is 16.5. The molecule has 0 aliphatic heterocycles. The summed E-state index contributed by atoms with van der Waals surface area (Å²) >= 11 is 0. The van der Waals surface area contributed by atoms with Crippen LogP contribution in [0.15, 0.2) is 30.3 Å². The highest BCUT2D eigenvalue weighted by Crippen LogP contribution is 2.20. The van der Waals surface area contributed by atoms with Crippen molar-refractivity contribution in [3.63, 3.8) is 0 Å². The number of nitrogens with one attached hydrogen (secondary N) is 1. The van der Waals surface area contributed by atoms with E-state index in [4.69, 9.17) is 10.5 Å². The minimum Gasteiger partial charge on any atom is -0.428 e. The van der Waals surface area contributed by atoms with Crippen molar-refractivity contribution in [1.29, 1.82) is 0 Å². The summed E-state index contributed by atoms with van der Waals surface area (Å²) in [6.45, 7) is 7.13. The van der Waals surface area contributed by atoms with Gasteiger partial charge in [0, 0.05) is 6.42 Å². The van der Waals surface area contributed by atoms with Gasteiger partial charge in [0.25, 0.3) is 0 Å². The first-order chi connectivity index (χ1) is 9.47. The van der Waals surface area contributed by atoms with E-state index in [2.05, 4.69) is 19.2 Å². The predicted octanol–water partition coefficient (Wildman–Crippen LogP) is 3.07. The van der Waals surface area contributed by atoms with Crippen LogP contribution in [0, 0.1) is 5.92 Å². The van der Waals surface area contributed by atoms with Gasteiger partial charge in [0.1, 0.15) is 0 Å². The maximum absolute atomic E-state index is 11.2. The number of rotatable bonds is 8. The Hall–Kier alpha value is -1.55. The Kier molecular flexibility index (Phi) is 6.52. The number of benzene rings is 1. The summed E-state index contributed by atoms with van der Waals surface area (Å²) in [5, 5.41) is 3.37. The molecule has 4 nitrogen and oxygen atoms in total. The fraction of sp³-hybridized carbons (Fsp3) is 0.562. The Labute approximate surface area is 121 Å². The molecule has 1 aromatic rings. The zero-order valence-electron chi connectivity index (χ0n) is 12.7. The van der Waals surface area contributed by atoms with Gasteiger partial charge in [0.2, 0.25) is 0 Å². The molecule has 1 unspecified atom stereocenters. The van der Waals surface area contributed by atoms with E-state index >= 15 is 0 Å². The van der Waals surface area contributed by atoms with Crippen molar-refractivity contribution >= 4 is 6.09 Å². The standard InChI is InChI=1S/C16H26N2O2/c1-4-16(20-15(17)19,18-11-10-13(2)3)12-14-8-6-5-7-9-14/h5-9,13,18H,4,10-12H2,1-3H3,(H2,17,19). The molecule has 1 amide bonds. The third-order valence-corrected chi connectivity index (χ3v) is 3.37. The lowest BCUT2D eigenvalue weighted by atomic mass is 9.99. The van der Waals surface area contributed by atoms with Crippen LogP contribution in [0.5, 0.6) is 0 Å². The van der Waals surface area contributed by atoms with Gasteiger partial charge in [-0.15, -0.1) is 0 Å². The maximum Gasteiger partial charge on any atom is 0.406 e. The van der Waals surface area contributed by atoms with Crippen molar-refractivity contribution in [3.05, 3.63) is 35.9 Å². The van der Waals surface area contributed by atoms with E-state index < -0.39 is 11.8 Å². The lowest BCUT2D eigenvalue weighted by molar-refractivity contribution is -0.0149. The van der Waals surface area contributed by atoms with Crippen LogP contribution in [-0.4, -0.2) is 18.4 Å². The van der Waals surface area contributed by atoms with Gasteiger partial charge >= 0.3 is 6.09 Å². The number of carbonyl (C=O) groups excluding carboxylic acids is 1. The van der Waals surface area contributed by atoms with Crippen molar-refractivity contribution in [1.82, 2.24) is 5.32 Å². The molecule has 3 N–H and O–H groups in total. The maximum atomic E-state index is 11.2. The number of primary amides is 1. The van der Waals surface area contributed by atoms with Crippen LogP contribution in [0.25, 0.3) is 0 Å². The summed E-state index contributed by atoms with van der Waals surface area (Å²) in [5.74, 6) is 0.599. The predicted molar refractivity (Wildman–Crippen MR) is 81.3 cm³/mol. The van der Waals surface area contributed by atoms with Crippen molar-refractivity contribution in [2.24, 2.45) is 11.7 Å². The lowest BCUT2D eigenvalue weighted by Gasteiger charge is -2.33. The molecule has 0 aliphatic carbocycles. The average Bonchev–Trinajstić information content (AvgIpc) is 2.38. The summed E-state index contributed by atoms with van der Waals surface area (Å²) in [6, 6.07) is 9.98. The number of hydrogen-bond donors (Lipinski definition) is 2. The molecular weight excluding hydrogens is 252 g/mol. The summed E-state index contributed by atoms with van der Waals surface area (Å²) in [7, 11) is 0. The second-order valence-corrected chi connectivity index (χ2v) is 5.54. The minimum absolute atomic E-state index is 0.599. The molecule has 0 radical (unpaired) electrons. The Morgan fingerprint density at radius 1 is 1.35 bits per heavy atom. The van der Waals surface area contributed by atoms with E-state index in [-0.39, 0.29) is 0 Å². The normalized spacial score (nSPS) is 14.0. The first-order valence-electron chi connectivity index (χ1n) is 7.25. The van der Waals surface area contributed by atoms with E-state index in [1.165, 1.54) is 0 Å². The molecule has 4 heteroatoms. The van der Waals surface area contributed by atoms with Gasteiger partial charge in [0.05, 0.1) is 0 Å². The fourth-order valence-corrected chi connectivity index (χ4v) is 2.16. The molecule has 0 fully saturated rings. The molecule has 0 saturated carbocycles. The zero-order chi connectivity index (χ0) is 15.0. The second-order valence-electron chi connectivity index (χ2n) is 5.54. The van der Waals surface area contributed by atoms with E-state index in [0.717, 1.165) is 18.5 Å². The number of nitrogens with two attached hydrogens (primary N) is 1. The van der Waals surface area contributed by atoms with E-state index in [1.807, 2.05) is 37.3 Å². The molecule has 112 valence electrons. The molecule has 20 heavy (non-hydrogen) atoms. The summed E-state index contributed by atoms with van der Waals surface area (Å²) in [4.78, 5) is 11.2. The fourth-order valence-electron chi connectivity index (χ4n) is 2.16. The van der Waals surface area contributed by atoms with Crippen LogP contribution in [0.2, 0.25) is 0 Å². The van der Waals surface area contributed by atoms with Gasteiger partial charge in [0.15, 0.2) is 5.72 Å². The highest BCUT2D eigenvalue weighted by atomic mass is 16.6. The summed E-state index contributed by atoms with van der Waals surface area (Å²) in [6.07, 6.45) is 1.58. The number of carbonyl (C=O) groups is 1. The average molecular weight is 278 g/mol. The molecule has 1 atom stereocenters. The number of ether oxygens (including phenoxy) is 1. The number of hydrogen-bond acceptors (Lipinski definition) is 3. The Morgan fingerprint density at radius 2 is 2.00 bits per heavy atom. The quantitative estimate of drug-likeness (QED) is 0.718. The summed E-state index contributed by atoms with van der Waals surface area (Å²) < 4.78 is 5.40. The third kappa shape index (κ3) is 5.61. The molecule has 0 bridgehead atoms. The van der Waals surface area contributed by atoms with Gasteiger partial charge in [-0.2, -0.15) is 0 Å². The van der Waals surface area contributed by atoms with Crippen LogP contribution < -0.4 is 11.1 Å². The monoisotopic (exact) mass is 278 g/mol. The zero-order valence-corrected chi connectivity index (χ0v) is 12.7. The van der Waals surface area contributed by atoms with Crippen molar-refractivity contribution in [2.45, 2.75) is 45.8 Å². The number of amides is 1. The van der Waals surface area contributed by atoms with Crippen LogP contribution in [0.4, 0.5) is 4.79 Å². The van der Waals surface area contributed by atoms with Crippen LogP contribution in [0.1, 0.15) is 39.2 Å². The van der Waals surface area contributed by atoms with Crippen LogP contribution >= 0.6 is 0 Å². The van der Waals surface area contributed by atoms with Gasteiger partial charge in [-0.1, -0.05) is 51.1 Å². The lowest BCUT2D eigenvalue weighted by Crippen LogP contribution is -2.51. The Morgan fingerprint density at radius 3 is 2.50 bits per heavy atom. The first-order valence-corrected chi connectivity index (χ1v) is 7.25. The van der Waals surface area contributed by atoms with E-state index in [0.29, 0.717) is 18.8 Å². The molecule has 0 heterocycles. The van der Waals surface area contributed by atoms with Crippen molar-refractivity contribution < 1.29 is 9.53 Å². The highest BCUT2D eigenvalue weighted by molar-refractivity contribution is 5.65. The van der Waals surface area contributed by atoms with Gasteiger partial charge < -0.3 is 10.5 Å². The van der Waals surface area contributed by atoms with Crippen molar-refractivity contribution in [3.8, 4) is 0 Å². The SMILES string of the molecule is CCC(Cc1ccccc1)(NCCC(C)C)OC(N)=O. The molecule has 0 aliphatic rings. The van der Waals surface area contributed by atoms with Gasteiger partial charge in [-0.05, 0) is 30.9 Å². The molecule has 1 rings (SSSR count). The highest BCUT2D eigenvalue weighted by Gasteiger charge is 2.31. The minimum atomic E-state index is -0.736. The largest absolute Gasteiger partial charge is 0.428 e. The second kappa shape index (κ2) is 7.90. The molecule has 0 spiro atoms. The third-order valence-electron chi connectivity index (χ3n) is 3.37. The topological polar surface area (TPSA) is 64.3 Å². The van der Waals surface area contributed by atoms with Gasteiger partial charge in [-0.3, -0.25) is 5.32 Å². The summed E-state index contributed by atoms with van der Waals surface area (Å²) in [5.41, 5.74) is 5.64. The smallest absolute Gasteiger partial charge is 0.406 e. The van der Waals surface area contributed by atoms with Crippen LogP contribution in [0.3, 0.4) is 0 Å². The van der Waals surface area contributed by atoms with Gasteiger partial charge in [-0.25, -0.2) is 4.79 Å².